The molecule has 0 aromatic rings. The highest BCUT2D eigenvalue weighted by atomic mass is 32.2. The maximum Gasteiger partial charge on any atom is 0.328 e. The lowest BCUT2D eigenvalue weighted by molar-refractivity contribution is -0.134. The third-order valence-corrected chi connectivity index (χ3v) is 9.72. The van der Waals surface area contributed by atoms with Crippen LogP contribution in [0.2, 0.25) is 0 Å². The van der Waals surface area contributed by atoms with Crippen molar-refractivity contribution in [2.45, 2.75) is 64.8 Å². The van der Waals surface area contributed by atoms with Crippen molar-refractivity contribution in [3.63, 3.8) is 0 Å². The van der Waals surface area contributed by atoms with Gasteiger partial charge in [0, 0.05) is 64.1 Å². The van der Waals surface area contributed by atoms with Crippen LogP contribution < -0.4 is 5.32 Å². The molecule has 5 fully saturated rings. The Labute approximate surface area is 247 Å². The summed E-state index contributed by atoms with van der Waals surface area (Å²) in [7, 11) is 2.06. The van der Waals surface area contributed by atoms with E-state index in [4.69, 9.17) is 10.2 Å². The number of aliphatic carboxylic acids is 2. The first kappa shape index (κ1) is 32.9. The van der Waals surface area contributed by atoms with Crippen molar-refractivity contribution in [3.8, 4) is 0 Å². The lowest BCUT2D eigenvalue weighted by Crippen LogP contribution is -2.55. The number of carboxylic acids is 2. The van der Waals surface area contributed by atoms with Crippen LogP contribution in [0.15, 0.2) is 12.2 Å². The SMILES string of the molecule is CC(=O)SCCN(CCC12CC3CC(CC(C3)C1)C2)C(=O)N[C@@H](C)C(=O)N1CCN(C)CC1.O=C(O)C=CC(=O)O. The molecule has 1 aliphatic heterocycles. The summed E-state index contributed by atoms with van der Waals surface area (Å²) in [6.45, 7) is 7.77. The van der Waals surface area contributed by atoms with Gasteiger partial charge in [-0.3, -0.25) is 9.59 Å². The van der Waals surface area contributed by atoms with Crippen molar-refractivity contribution in [2.24, 2.45) is 23.2 Å². The average molecular weight is 595 g/mol. The highest BCUT2D eigenvalue weighted by Gasteiger charge is 2.50. The predicted octanol–water partition coefficient (Wildman–Crippen LogP) is 2.76. The van der Waals surface area contributed by atoms with Crippen LogP contribution in [0.25, 0.3) is 0 Å². The maximum atomic E-state index is 13.2. The van der Waals surface area contributed by atoms with Gasteiger partial charge in [-0.05, 0) is 82.1 Å². The molecule has 1 heterocycles. The van der Waals surface area contributed by atoms with E-state index in [1.165, 1.54) is 50.3 Å². The Balaban J connectivity index is 0.000000507. The number of hydrogen-bond donors (Lipinski definition) is 3. The van der Waals surface area contributed by atoms with Gasteiger partial charge in [0.05, 0.1) is 0 Å². The summed E-state index contributed by atoms with van der Waals surface area (Å²) in [4.78, 5) is 62.6. The fraction of sp³-hybridized carbons (Fsp3) is 0.759. The van der Waals surface area contributed by atoms with Gasteiger partial charge in [0.1, 0.15) is 6.04 Å². The molecule has 4 aliphatic carbocycles. The first-order valence-electron chi connectivity index (χ1n) is 14.7. The van der Waals surface area contributed by atoms with Crippen molar-refractivity contribution in [3.05, 3.63) is 12.2 Å². The number of carboxylic acid groups (broad SMARTS) is 2. The van der Waals surface area contributed by atoms with Crippen LogP contribution in [0.1, 0.15) is 58.8 Å². The average Bonchev–Trinajstić information content (AvgIpc) is 2.88. The van der Waals surface area contributed by atoms with E-state index >= 15 is 0 Å². The van der Waals surface area contributed by atoms with Crippen LogP contribution in [0.4, 0.5) is 4.79 Å². The van der Waals surface area contributed by atoms with Gasteiger partial charge in [0.15, 0.2) is 5.12 Å². The second-order valence-corrected chi connectivity index (χ2v) is 13.6. The molecule has 0 spiro atoms. The maximum absolute atomic E-state index is 13.2. The zero-order valence-electron chi connectivity index (χ0n) is 24.5. The zero-order chi connectivity index (χ0) is 30.2. The third-order valence-electron chi connectivity index (χ3n) is 8.92. The Morgan fingerprint density at radius 1 is 0.927 bits per heavy atom. The number of nitrogens with zero attached hydrogens (tertiary/aromatic N) is 3. The molecule has 230 valence electrons. The van der Waals surface area contributed by atoms with E-state index in [2.05, 4.69) is 17.3 Å². The lowest BCUT2D eigenvalue weighted by atomic mass is 9.49. The second-order valence-electron chi connectivity index (χ2n) is 12.3. The van der Waals surface area contributed by atoms with Gasteiger partial charge in [-0.15, -0.1) is 0 Å². The molecule has 3 N–H and O–H groups in total. The molecule has 11 nitrogen and oxygen atoms in total. The summed E-state index contributed by atoms with van der Waals surface area (Å²) in [5, 5.41) is 18.7. The molecule has 0 radical (unpaired) electrons. The summed E-state index contributed by atoms with van der Waals surface area (Å²) in [6.07, 6.45) is 10.4. The number of thioether (sulfide) groups is 1. The number of likely N-dealkylation sites (N-methyl/N-ethyl adjacent to an activating group) is 1. The molecule has 3 amide bonds. The second kappa shape index (κ2) is 15.0. The van der Waals surface area contributed by atoms with E-state index in [-0.39, 0.29) is 17.1 Å². The molecule has 5 rings (SSSR count). The number of carbonyl (C=O) groups is 5. The normalized spacial score (nSPS) is 27.6. The van der Waals surface area contributed by atoms with Crippen molar-refractivity contribution in [2.75, 3.05) is 52.1 Å². The van der Waals surface area contributed by atoms with Gasteiger partial charge >= 0.3 is 18.0 Å². The zero-order valence-corrected chi connectivity index (χ0v) is 25.4. The molecule has 12 heteroatoms. The third kappa shape index (κ3) is 10.3. The summed E-state index contributed by atoms with van der Waals surface area (Å²) in [5.74, 6) is 0.772. The summed E-state index contributed by atoms with van der Waals surface area (Å²) >= 11 is 1.27. The van der Waals surface area contributed by atoms with Gasteiger partial charge in [0.25, 0.3) is 0 Å². The van der Waals surface area contributed by atoms with Crippen molar-refractivity contribution in [1.82, 2.24) is 20.0 Å². The van der Waals surface area contributed by atoms with Crippen molar-refractivity contribution >= 4 is 40.8 Å². The van der Waals surface area contributed by atoms with Gasteiger partial charge in [0.2, 0.25) is 5.91 Å². The van der Waals surface area contributed by atoms with E-state index in [9.17, 15) is 24.0 Å². The fourth-order valence-electron chi connectivity index (χ4n) is 7.36. The summed E-state index contributed by atoms with van der Waals surface area (Å²) in [5.41, 5.74) is 0.405. The molecule has 4 bridgehead atoms. The molecule has 1 atom stereocenters. The topological polar surface area (TPSA) is 148 Å². The summed E-state index contributed by atoms with van der Waals surface area (Å²) < 4.78 is 0. The smallest absolute Gasteiger partial charge is 0.328 e. The van der Waals surface area contributed by atoms with E-state index in [1.807, 2.05) is 9.80 Å². The molecular formula is C29H46N4O7S. The highest BCUT2D eigenvalue weighted by molar-refractivity contribution is 8.13. The number of urea groups is 1. The summed E-state index contributed by atoms with van der Waals surface area (Å²) in [6, 6.07) is -0.706. The largest absolute Gasteiger partial charge is 0.478 e. The monoisotopic (exact) mass is 594 g/mol. The van der Waals surface area contributed by atoms with Crippen molar-refractivity contribution < 1.29 is 34.2 Å². The molecule has 0 aromatic carbocycles. The van der Waals surface area contributed by atoms with E-state index in [0.717, 1.165) is 37.3 Å². The van der Waals surface area contributed by atoms with Crippen LogP contribution in [-0.4, -0.2) is 112 Å². The lowest BCUT2D eigenvalue weighted by Gasteiger charge is -2.57. The molecule has 41 heavy (non-hydrogen) atoms. The molecule has 4 saturated carbocycles. The van der Waals surface area contributed by atoms with Gasteiger partial charge in [-0.2, -0.15) is 0 Å². The van der Waals surface area contributed by atoms with Crippen LogP contribution in [0, 0.1) is 23.2 Å². The van der Waals surface area contributed by atoms with E-state index in [1.54, 1.807) is 13.8 Å². The Bertz CT molecular complexity index is 944. The minimum Gasteiger partial charge on any atom is -0.478 e. The van der Waals surface area contributed by atoms with Crippen LogP contribution >= 0.6 is 11.8 Å². The minimum atomic E-state index is -1.26. The highest BCUT2D eigenvalue weighted by Crippen LogP contribution is 2.61. The Morgan fingerprint density at radius 3 is 1.90 bits per heavy atom. The predicted molar refractivity (Wildman–Crippen MR) is 156 cm³/mol. The molecular weight excluding hydrogens is 548 g/mol. The quantitative estimate of drug-likeness (QED) is 0.325. The van der Waals surface area contributed by atoms with Gasteiger partial charge in [-0.25, -0.2) is 14.4 Å². The number of hydrogen-bond acceptors (Lipinski definition) is 7. The first-order valence-corrected chi connectivity index (χ1v) is 15.6. The van der Waals surface area contributed by atoms with Crippen LogP contribution in [0.5, 0.6) is 0 Å². The fourth-order valence-corrected chi connectivity index (χ4v) is 7.96. The number of piperazine rings is 1. The Morgan fingerprint density at radius 2 is 1.44 bits per heavy atom. The van der Waals surface area contributed by atoms with Gasteiger partial charge in [-0.1, -0.05) is 11.8 Å². The molecule has 0 aromatic heterocycles. The van der Waals surface area contributed by atoms with E-state index in [0.29, 0.717) is 49.5 Å². The minimum absolute atomic E-state index is 0.00408. The number of rotatable bonds is 10. The molecule has 0 unspecified atom stereocenters. The standard InChI is InChI=1S/C25H42N4O3S.C4H4O4/c1-18(23(31)28-8-6-27(3)7-9-28)26-24(32)29(10-11-33-19(2)30)5-4-25-15-20-12-21(16-25)14-22(13-20)17-25;5-3(6)1-2-4(7)8/h18,20-22H,4-17H2,1-3H3,(H,26,32);1-2H,(H,5,6)(H,7,8)/t18-,20?,21?,22?,25?;/m0./s1. The number of amides is 3. The van der Waals surface area contributed by atoms with Crippen LogP contribution in [0.3, 0.4) is 0 Å². The van der Waals surface area contributed by atoms with Crippen molar-refractivity contribution in [1.29, 1.82) is 0 Å². The van der Waals surface area contributed by atoms with Gasteiger partial charge < -0.3 is 30.2 Å². The van der Waals surface area contributed by atoms with E-state index < -0.39 is 18.0 Å². The van der Waals surface area contributed by atoms with Crippen LogP contribution in [-0.2, 0) is 19.2 Å². The number of carbonyl (C=O) groups excluding carboxylic acids is 3. The number of nitrogens with one attached hydrogen (secondary N) is 1. The first-order chi connectivity index (χ1) is 19.4. The Hall–Kier alpha value is -2.60. The Kier molecular flexibility index (Phi) is 12.1. The molecule has 1 saturated heterocycles. The molecule has 5 aliphatic rings.